The molecule has 0 saturated carbocycles. The Labute approximate surface area is 97.5 Å². The van der Waals surface area contributed by atoms with E-state index in [2.05, 4.69) is 10.1 Å². The van der Waals surface area contributed by atoms with Gasteiger partial charge in [0.25, 0.3) is 0 Å². The van der Waals surface area contributed by atoms with Crippen LogP contribution in [0.2, 0.25) is 0 Å². The van der Waals surface area contributed by atoms with Crippen LogP contribution in [-0.4, -0.2) is 14.6 Å². The van der Waals surface area contributed by atoms with E-state index in [1.54, 1.807) is 22.8 Å². The quantitative estimate of drug-likeness (QED) is 0.726. The minimum absolute atomic E-state index is 0.475. The zero-order valence-corrected chi connectivity index (χ0v) is 8.95. The van der Waals surface area contributed by atoms with Crippen LogP contribution in [0.4, 0.5) is 5.69 Å². The molecule has 0 bridgehead atoms. The Morgan fingerprint density at radius 2 is 2.06 bits per heavy atom. The molecule has 0 aliphatic carbocycles. The fraction of sp³-hybridized carbons (Fsp3) is 0. The number of rotatable bonds is 2. The smallest absolute Gasteiger partial charge is 0.241 e. The Hall–Kier alpha value is -2.56. The summed E-state index contributed by atoms with van der Waals surface area (Å²) in [6, 6.07) is 11.1. The van der Waals surface area contributed by atoms with Crippen LogP contribution in [0, 0.1) is 0 Å². The third-order valence-electron chi connectivity index (χ3n) is 2.32. The van der Waals surface area contributed by atoms with Crippen LogP contribution < -0.4 is 10.5 Å². The second-order valence-electron chi connectivity index (χ2n) is 3.58. The summed E-state index contributed by atoms with van der Waals surface area (Å²) in [5.74, 6) is 0.982. The third-order valence-corrected chi connectivity index (χ3v) is 2.32. The molecule has 0 aromatic carbocycles. The molecule has 17 heavy (non-hydrogen) atoms. The summed E-state index contributed by atoms with van der Waals surface area (Å²) in [5.41, 5.74) is 7.12. The number of hydrogen-bond donors (Lipinski definition) is 1. The largest absolute Gasteiger partial charge is 0.419 e. The van der Waals surface area contributed by atoms with Gasteiger partial charge in [0.05, 0.1) is 17.4 Å². The molecule has 0 unspecified atom stereocenters. The molecule has 0 aliphatic rings. The topological polar surface area (TPSA) is 65.4 Å². The molecular formula is C12H10N4O. The van der Waals surface area contributed by atoms with Crippen molar-refractivity contribution < 1.29 is 4.74 Å². The zero-order chi connectivity index (χ0) is 11.7. The molecular weight excluding hydrogens is 216 g/mol. The van der Waals surface area contributed by atoms with Gasteiger partial charge in [-0.15, -0.1) is 5.10 Å². The first-order valence-corrected chi connectivity index (χ1v) is 5.15. The lowest BCUT2D eigenvalue weighted by atomic mass is 10.4. The van der Waals surface area contributed by atoms with Crippen molar-refractivity contribution in [3.63, 3.8) is 0 Å². The van der Waals surface area contributed by atoms with Crippen molar-refractivity contribution in [1.82, 2.24) is 14.6 Å². The van der Waals surface area contributed by atoms with Crippen molar-refractivity contribution in [2.24, 2.45) is 0 Å². The SMILES string of the molecule is Nc1ccc(Oc2cc3ccccn3n2)nc1. The van der Waals surface area contributed by atoms with Crippen molar-refractivity contribution in [3.05, 3.63) is 48.8 Å². The molecule has 0 fully saturated rings. The van der Waals surface area contributed by atoms with Crippen molar-refractivity contribution >= 4 is 11.2 Å². The summed E-state index contributed by atoms with van der Waals surface area (Å²) in [6.45, 7) is 0. The highest BCUT2D eigenvalue weighted by Crippen LogP contribution is 2.19. The summed E-state index contributed by atoms with van der Waals surface area (Å²) in [7, 11) is 0. The first-order chi connectivity index (χ1) is 8.31. The average Bonchev–Trinajstić information content (AvgIpc) is 2.74. The van der Waals surface area contributed by atoms with Crippen LogP contribution in [0.25, 0.3) is 5.52 Å². The van der Waals surface area contributed by atoms with Crippen LogP contribution in [0.3, 0.4) is 0 Å². The number of nitrogens with two attached hydrogens (primary N) is 1. The van der Waals surface area contributed by atoms with Gasteiger partial charge in [-0.1, -0.05) is 6.07 Å². The highest BCUT2D eigenvalue weighted by Gasteiger charge is 2.03. The van der Waals surface area contributed by atoms with E-state index in [4.69, 9.17) is 10.5 Å². The minimum Gasteiger partial charge on any atom is -0.419 e. The lowest BCUT2D eigenvalue weighted by Gasteiger charge is -1.99. The van der Waals surface area contributed by atoms with Gasteiger partial charge in [-0.25, -0.2) is 9.50 Å². The van der Waals surface area contributed by atoms with Crippen molar-refractivity contribution in [2.45, 2.75) is 0 Å². The fourth-order valence-corrected chi connectivity index (χ4v) is 1.52. The highest BCUT2D eigenvalue weighted by atomic mass is 16.5. The molecule has 3 rings (SSSR count). The number of hydrogen-bond acceptors (Lipinski definition) is 4. The number of aromatic nitrogens is 3. The van der Waals surface area contributed by atoms with E-state index in [1.807, 2.05) is 30.5 Å². The molecule has 0 amide bonds. The Morgan fingerprint density at radius 1 is 1.12 bits per heavy atom. The van der Waals surface area contributed by atoms with Crippen molar-refractivity contribution in [3.8, 4) is 11.8 Å². The summed E-state index contributed by atoms with van der Waals surface area (Å²) in [6.07, 6.45) is 3.41. The Morgan fingerprint density at radius 3 is 2.82 bits per heavy atom. The lowest BCUT2D eigenvalue weighted by molar-refractivity contribution is 0.441. The maximum Gasteiger partial charge on any atom is 0.241 e. The molecule has 0 aliphatic heterocycles. The van der Waals surface area contributed by atoms with E-state index in [0.29, 0.717) is 17.4 Å². The van der Waals surface area contributed by atoms with E-state index < -0.39 is 0 Å². The maximum atomic E-state index is 5.54. The maximum absolute atomic E-state index is 5.54. The second kappa shape index (κ2) is 3.79. The van der Waals surface area contributed by atoms with Crippen LogP contribution in [-0.2, 0) is 0 Å². The molecule has 5 nitrogen and oxygen atoms in total. The van der Waals surface area contributed by atoms with Gasteiger partial charge in [0.2, 0.25) is 11.8 Å². The standard InChI is InChI=1S/C12H10N4O/c13-9-4-5-11(14-8-9)17-12-7-10-3-1-2-6-16(10)15-12/h1-8H,13H2. The zero-order valence-electron chi connectivity index (χ0n) is 8.95. The van der Waals surface area contributed by atoms with E-state index in [9.17, 15) is 0 Å². The average molecular weight is 226 g/mol. The highest BCUT2D eigenvalue weighted by molar-refractivity contribution is 5.49. The molecule has 0 saturated heterocycles. The van der Waals surface area contributed by atoms with Crippen molar-refractivity contribution in [1.29, 1.82) is 0 Å². The van der Waals surface area contributed by atoms with Gasteiger partial charge in [-0.05, 0) is 18.2 Å². The van der Waals surface area contributed by atoms with E-state index >= 15 is 0 Å². The molecule has 0 radical (unpaired) electrons. The molecule has 2 N–H and O–H groups in total. The number of fused-ring (bicyclic) bond motifs is 1. The number of anilines is 1. The monoisotopic (exact) mass is 226 g/mol. The van der Waals surface area contributed by atoms with E-state index in [0.717, 1.165) is 5.52 Å². The molecule has 3 heterocycles. The predicted octanol–water partition coefficient (Wildman–Crippen LogP) is 2.10. The normalized spacial score (nSPS) is 10.6. The predicted molar refractivity (Wildman–Crippen MR) is 63.9 cm³/mol. The summed E-state index contributed by atoms with van der Waals surface area (Å²) in [5, 5.41) is 4.25. The van der Waals surface area contributed by atoms with Gasteiger partial charge in [-0.2, -0.15) is 0 Å². The lowest BCUT2D eigenvalue weighted by Crippen LogP contribution is -1.91. The van der Waals surface area contributed by atoms with Crippen LogP contribution in [0.1, 0.15) is 0 Å². The van der Waals surface area contributed by atoms with Crippen LogP contribution >= 0.6 is 0 Å². The van der Waals surface area contributed by atoms with Crippen LogP contribution in [0.15, 0.2) is 48.8 Å². The van der Waals surface area contributed by atoms with E-state index in [-0.39, 0.29) is 0 Å². The second-order valence-corrected chi connectivity index (χ2v) is 3.58. The Bertz CT molecular complexity index is 612. The van der Waals surface area contributed by atoms with Gasteiger partial charge in [0, 0.05) is 18.3 Å². The number of nitrogens with zero attached hydrogens (tertiary/aromatic N) is 3. The first-order valence-electron chi connectivity index (χ1n) is 5.15. The fourth-order valence-electron chi connectivity index (χ4n) is 1.52. The Kier molecular flexibility index (Phi) is 2.15. The summed E-state index contributed by atoms with van der Waals surface area (Å²) in [4.78, 5) is 4.05. The molecule has 0 atom stereocenters. The van der Waals surface area contributed by atoms with Crippen LogP contribution in [0.5, 0.6) is 11.8 Å². The van der Waals surface area contributed by atoms with Gasteiger partial charge in [0.1, 0.15) is 0 Å². The number of nitrogen functional groups attached to an aromatic ring is 1. The first kappa shape index (κ1) is 9.65. The van der Waals surface area contributed by atoms with Gasteiger partial charge < -0.3 is 10.5 Å². The molecule has 0 spiro atoms. The summed E-state index contributed by atoms with van der Waals surface area (Å²) < 4.78 is 7.26. The van der Waals surface area contributed by atoms with Crippen molar-refractivity contribution in [2.75, 3.05) is 5.73 Å². The molecule has 84 valence electrons. The van der Waals surface area contributed by atoms with Gasteiger partial charge in [0.15, 0.2) is 0 Å². The molecule has 5 heteroatoms. The molecule has 3 aromatic rings. The van der Waals surface area contributed by atoms with E-state index in [1.165, 1.54) is 0 Å². The minimum atomic E-state index is 0.475. The summed E-state index contributed by atoms with van der Waals surface area (Å²) >= 11 is 0. The molecule has 3 aromatic heterocycles. The number of pyridine rings is 2. The van der Waals surface area contributed by atoms with Gasteiger partial charge in [-0.3, -0.25) is 0 Å². The number of ether oxygens (including phenoxy) is 1. The Balaban J connectivity index is 1.92. The third kappa shape index (κ3) is 1.90. The van der Waals surface area contributed by atoms with Gasteiger partial charge >= 0.3 is 0 Å².